The topological polar surface area (TPSA) is 76.0 Å². The van der Waals surface area contributed by atoms with E-state index in [0.717, 1.165) is 25.2 Å². The third kappa shape index (κ3) is 6.79. The first kappa shape index (κ1) is 34.9. The Morgan fingerprint density at radius 1 is 1.02 bits per heavy atom. The Labute approximate surface area is 274 Å². The molecule has 1 heterocycles. The summed E-state index contributed by atoms with van der Waals surface area (Å²) in [7, 11) is 0. The van der Waals surface area contributed by atoms with Gasteiger partial charge in [-0.2, -0.15) is 0 Å². The number of fused-ring (bicyclic) bond motifs is 5. The van der Waals surface area contributed by atoms with Crippen molar-refractivity contribution < 1.29 is 24.5 Å². The molecule has 45 heavy (non-hydrogen) atoms. The highest BCUT2D eigenvalue weighted by Crippen LogP contribution is 2.66. The number of rotatable bonds is 10. The average molecular weight is 625 g/mol. The maximum absolute atomic E-state index is 12.9. The Kier molecular flexibility index (Phi) is 10.8. The number of hydrogen-bond acceptors (Lipinski definition) is 5. The van der Waals surface area contributed by atoms with Gasteiger partial charge in [-0.05, 0) is 111 Å². The fraction of sp³-hybridized carbons (Fsp3) is 0.825. The van der Waals surface area contributed by atoms with Crippen LogP contribution in [0.25, 0.3) is 0 Å². The molecule has 5 nitrogen and oxygen atoms in total. The van der Waals surface area contributed by atoms with Crippen LogP contribution in [-0.4, -0.2) is 46.7 Å². The largest absolute Gasteiger partial charge is 0.462 e. The third-order valence-corrected chi connectivity index (χ3v) is 13.8. The van der Waals surface area contributed by atoms with E-state index in [4.69, 9.17) is 9.47 Å². The van der Waals surface area contributed by atoms with E-state index < -0.39 is 12.2 Å². The van der Waals surface area contributed by atoms with E-state index in [1.807, 2.05) is 13.8 Å². The lowest BCUT2D eigenvalue weighted by molar-refractivity contribution is -0.196. The Morgan fingerprint density at radius 3 is 2.49 bits per heavy atom. The maximum Gasteiger partial charge on any atom is 0.306 e. The minimum atomic E-state index is -0.711. The molecule has 5 aliphatic rings. The van der Waals surface area contributed by atoms with Crippen molar-refractivity contribution in [2.75, 3.05) is 0 Å². The predicted octanol–water partition coefficient (Wildman–Crippen LogP) is 8.59. The van der Waals surface area contributed by atoms with Crippen molar-refractivity contribution in [3.63, 3.8) is 0 Å². The van der Waals surface area contributed by atoms with Gasteiger partial charge in [-0.1, -0.05) is 83.9 Å². The van der Waals surface area contributed by atoms with Crippen LogP contribution in [0.5, 0.6) is 0 Å². The summed E-state index contributed by atoms with van der Waals surface area (Å²) in [6, 6.07) is 0. The Morgan fingerprint density at radius 2 is 1.78 bits per heavy atom. The van der Waals surface area contributed by atoms with Crippen LogP contribution in [0.3, 0.4) is 0 Å². The van der Waals surface area contributed by atoms with Crippen molar-refractivity contribution in [3.8, 4) is 0 Å². The van der Waals surface area contributed by atoms with Crippen molar-refractivity contribution in [1.82, 2.24) is 0 Å². The van der Waals surface area contributed by atoms with Gasteiger partial charge in [0.05, 0.1) is 24.4 Å². The van der Waals surface area contributed by atoms with Gasteiger partial charge in [-0.15, -0.1) is 0 Å². The number of allylic oxidation sites excluding steroid dienone is 5. The maximum atomic E-state index is 12.9. The van der Waals surface area contributed by atoms with Gasteiger partial charge in [0, 0.05) is 18.8 Å². The highest BCUT2D eigenvalue weighted by atomic mass is 16.5. The van der Waals surface area contributed by atoms with Crippen LogP contribution in [0.4, 0.5) is 0 Å². The summed E-state index contributed by atoms with van der Waals surface area (Å²) in [5.74, 6) is 3.58. The first-order valence-corrected chi connectivity index (χ1v) is 18.6. The minimum absolute atomic E-state index is 0.0545. The number of hydrogen-bond donors (Lipinski definition) is 2. The van der Waals surface area contributed by atoms with Gasteiger partial charge in [-0.3, -0.25) is 4.79 Å². The molecular weight excluding hydrogens is 560 g/mol. The standard InChI is InChI=1S/C40H64O5/c1-9-35-38(43)31(37(42)27(6)44-35)11-10-12-36(41)45-29-19-21-39(7)28(23-29)15-16-30-33-18-17-32(40(33,8)22-20-34(30)39)26(5)14-13-25(4)24(2)3/h13-16,24-27,29,31-35,37-38,42-43H,9-12,17-23H2,1-8H3/b14-13+/t25-,26+,27?,29-,31?,32?,33?,34?,35?,37?,38?,39-,40+/m0/s1. The summed E-state index contributed by atoms with van der Waals surface area (Å²) < 4.78 is 11.8. The molecule has 0 radical (unpaired) electrons. The highest BCUT2D eigenvalue weighted by molar-refractivity contribution is 5.69. The second kappa shape index (κ2) is 14.0. The molecule has 0 bridgehead atoms. The van der Waals surface area contributed by atoms with Gasteiger partial charge in [0.1, 0.15) is 6.10 Å². The minimum Gasteiger partial charge on any atom is -0.462 e. The molecule has 254 valence electrons. The number of aliphatic hydroxyl groups excluding tert-OH is 2. The molecule has 5 rings (SSSR count). The van der Waals surface area contributed by atoms with Crippen molar-refractivity contribution in [3.05, 3.63) is 35.5 Å². The Bertz CT molecular complexity index is 1140. The van der Waals surface area contributed by atoms with Crippen molar-refractivity contribution in [2.24, 2.45) is 52.3 Å². The molecule has 0 aromatic carbocycles. The SMILES string of the molecule is CCC1OC(C)C(O)C(CCCC(=O)O[C@H]2CC[C@@]3(C)C(=CC=C4C5CCC([C@H](C)/C=C/[C@H](C)C(C)C)[C@@]5(C)CCC43)C2)C1O. The molecule has 5 heteroatoms. The summed E-state index contributed by atoms with van der Waals surface area (Å²) in [5.41, 5.74) is 3.75. The molecule has 3 saturated carbocycles. The second-order valence-electron chi connectivity index (χ2n) is 16.6. The normalized spacial score (nSPS) is 42.8. The van der Waals surface area contributed by atoms with E-state index in [9.17, 15) is 15.0 Å². The van der Waals surface area contributed by atoms with E-state index in [2.05, 4.69) is 65.8 Å². The van der Waals surface area contributed by atoms with Crippen molar-refractivity contribution >= 4 is 5.97 Å². The van der Waals surface area contributed by atoms with Crippen LogP contribution in [-0.2, 0) is 14.3 Å². The van der Waals surface area contributed by atoms with Crippen LogP contribution in [0.2, 0.25) is 0 Å². The van der Waals surface area contributed by atoms with E-state index >= 15 is 0 Å². The van der Waals surface area contributed by atoms with E-state index in [1.165, 1.54) is 31.3 Å². The first-order valence-electron chi connectivity index (χ1n) is 18.6. The first-order chi connectivity index (χ1) is 21.3. The molecule has 2 N–H and O–H groups in total. The number of carbonyl (C=O) groups excluding carboxylic acids is 1. The van der Waals surface area contributed by atoms with E-state index in [-0.39, 0.29) is 35.6 Å². The van der Waals surface area contributed by atoms with Crippen LogP contribution in [0.1, 0.15) is 126 Å². The second-order valence-corrected chi connectivity index (χ2v) is 16.6. The summed E-state index contributed by atoms with van der Waals surface area (Å²) in [6.07, 6.45) is 18.2. The molecule has 1 aliphatic heterocycles. The zero-order chi connectivity index (χ0) is 32.7. The quantitative estimate of drug-likeness (QED) is 0.188. The summed E-state index contributed by atoms with van der Waals surface area (Å²) in [6.45, 7) is 18.4. The van der Waals surface area contributed by atoms with Gasteiger partial charge in [0.25, 0.3) is 0 Å². The summed E-state index contributed by atoms with van der Waals surface area (Å²) in [5, 5.41) is 21.3. The number of aliphatic hydroxyl groups is 2. The molecule has 0 amide bonds. The van der Waals surface area contributed by atoms with Crippen LogP contribution < -0.4 is 0 Å². The zero-order valence-electron chi connectivity index (χ0n) is 29.6. The van der Waals surface area contributed by atoms with Gasteiger partial charge in [-0.25, -0.2) is 0 Å². The average Bonchev–Trinajstić information content (AvgIpc) is 3.36. The van der Waals surface area contributed by atoms with E-state index in [0.29, 0.717) is 60.7 Å². The Hall–Kier alpha value is -1.43. The monoisotopic (exact) mass is 624 g/mol. The zero-order valence-corrected chi connectivity index (χ0v) is 29.6. The molecule has 13 atom stereocenters. The molecule has 4 fully saturated rings. The lowest BCUT2D eigenvalue weighted by Crippen LogP contribution is -2.52. The van der Waals surface area contributed by atoms with Gasteiger partial charge in [0.15, 0.2) is 0 Å². The highest BCUT2D eigenvalue weighted by Gasteiger charge is 2.57. The summed E-state index contributed by atoms with van der Waals surface area (Å²) in [4.78, 5) is 12.9. The van der Waals surface area contributed by atoms with Gasteiger partial charge in [0.2, 0.25) is 0 Å². The van der Waals surface area contributed by atoms with Crippen LogP contribution in [0, 0.1) is 52.3 Å². The van der Waals surface area contributed by atoms with Crippen molar-refractivity contribution in [2.45, 2.75) is 157 Å². The molecule has 4 aliphatic carbocycles. The molecule has 0 aromatic heterocycles. The van der Waals surface area contributed by atoms with E-state index in [1.54, 1.807) is 5.57 Å². The number of carbonyl (C=O) groups is 1. The van der Waals surface area contributed by atoms with Gasteiger partial charge < -0.3 is 19.7 Å². The van der Waals surface area contributed by atoms with Gasteiger partial charge >= 0.3 is 5.97 Å². The fourth-order valence-corrected chi connectivity index (χ4v) is 10.3. The number of ether oxygens (including phenoxy) is 2. The van der Waals surface area contributed by atoms with Crippen LogP contribution >= 0.6 is 0 Å². The molecule has 0 aromatic rings. The molecule has 1 saturated heterocycles. The third-order valence-electron chi connectivity index (χ3n) is 13.8. The number of esters is 1. The lowest BCUT2D eigenvalue weighted by atomic mass is 9.50. The fourth-order valence-electron chi connectivity index (χ4n) is 10.3. The smallest absolute Gasteiger partial charge is 0.306 e. The molecule has 8 unspecified atom stereocenters. The predicted molar refractivity (Wildman–Crippen MR) is 181 cm³/mol. The Balaban J connectivity index is 1.17. The summed E-state index contributed by atoms with van der Waals surface area (Å²) >= 11 is 0. The molecule has 0 spiro atoms. The van der Waals surface area contributed by atoms with Crippen molar-refractivity contribution in [1.29, 1.82) is 0 Å². The molecular formula is C40H64O5. The van der Waals surface area contributed by atoms with Crippen LogP contribution in [0.15, 0.2) is 35.5 Å². The lowest BCUT2D eigenvalue weighted by Gasteiger charge is -2.55.